The van der Waals surface area contributed by atoms with E-state index in [4.69, 9.17) is 10.3 Å². The van der Waals surface area contributed by atoms with Crippen molar-refractivity contribution < 1.29 is 9.53 Å². The van der Waals surface area contributed by atoms with Gasteiger partial charge in [0.1, 0.15) is 15.6 Å². The third kappa shape index (κ3) is 5.44. The number of hydrogen-bond acceptors (Lipinski definition) is 6. The van der Waals surface area contributed by atoms with Crippen LogP contribution in [-0.4, -0.2) is 34.8 Å². The Morgan fingerprint density at radius 2 is 2.15 bits per heavy atom. The molecule has 0 radical (unpaired) electrons. The van der Waals surface area contributed by atoms with E-state index in [-0.39, 0.29) is 13.1 Å². The van der Waals surface area contributed by atoms with Gasteiger partial charge in [-0.05, 0) is 44.4 Å². The molecule has 26 heavy (non-hydrogen) atoms. The first-order valence-electron chi connectivity index (χ1n) is 8.25. The van der Waals surface area contributed by atoms with Crippen LogP contribution in [0.15, 0.2) is 29.8 Å². The lowest BCUT2D eigenvalue weighted by molar-refractivity contribution is 0.0582. The molecule has 138 valence electrons. The van der Waals surface area contributed by atoms with Crippen molar-refractivity contribution in [2.45, 2.75) is 39.7 Å². The molecule has 0 aliphatic rings. The number of carbonyl (C=O) groups is 1. The van der Waals surface area contributed by atoms with Gasteiger partial charge < -0.3 is 4.74 Å². The predicted molar refractivity (Wildman–Crippen MR) is 102 cm³/mol. The summed E-state index contributed by atoms with van der Waals surface area (Å²) in [6.07, 6.45) is 5.58. The van der Waals surface area contributed by atoms with Crippen molar-refractivity contribution in [2.24, 2.45) is 5.11 Å². The number of nitrogens with zero attached hydrogens (tertiary/aromatic N) is 6. The van der Waals surface area contributed by atoms with Gasteiger partial charge in [-0.25, -0.2) is 9.78 Å². The Morgan fingerprint density at radius 3 is 2.81 bits per heavy atom. The van der Waals surface area contributed by atoms with E-state index in [2.05, 4.69) is 26.9 Å². The second kappa shape index (κ2) is 8.64. The van der Waals surface area contributed by atoms with Crippen LogP contribution < -0.4 is 4.90 Å². The highest BCUT2D eigenvalue weighted by atomic mass is 32.1. The van der Waals surface area contributed by atoms with E-state index in [1.807, 2.05) is 12.3 Å². The largest absolute Gasteiger partial charge is 0.443 e. The van der Waals surface area contributed by atoms with Gasteiger partial charge in [-0.1, -0.05) is 23.4 Å². The maximum atomic E-state index is 12.5. The summed E-state index contributed by atoms with van der Waals surface area (Å²) in [5.41, 5.74) is 9.88. The summed E-state index contributed by atoms with van der Waals surface area (Å²) in [4.78, 5) is 25.4. The monoisotopic (exact) mass is 374 g/mol. The van der Waals surface area contributed by atoms with Crippen molar-refractivity contribution in [3.8, 4) is 10.6 Å². The fourth-order valence-electron chi connectivity index (χ4n) is 2.12. The highest BCUT2D eigenvalue weighted by Crippen LogP contribution is 2.32. The number of carbonyl (C=O) groups excluding carboxylic acids is 1. The van der Waals surface area contributed by atoms with Crippen molar-refractivity contribution in [1.29, 1.82) is 0 Å². The molecule has 0 N–H and O–H groups in total. The Balaban J connectivity index is 2.28. The standard InChI is InChI=1S/C17H22N6O2S/c1-5-12-8-13(10-19-9-12)15-20-11-14(26-15)23(7-6-21-22-18)16(24)25-17(2,3)4/h8-11H,5-7H2,1-4H3. The molecular formula is C17H22N6O2S. The fraction of sp³-hybridized carbons (Fsp3) is 0.471. The minimum Gasteiger partial charge on any atom is -0.443 e. The molecule has 2 aromatic rings. The first kappa shape index (κ1) is 19.7. The quantitative estimate of drug-likeness (QED) is 0.410. The second-order valence-electron chi connectivity index (χ2n) is 6.53. The van der Waals surface area contributed by atoms with Gasteiger partial charge >= 0.3 is 6.09 Å². The summed E-state index contributed by atoms with van der Waals surface area (Å²) >= 11 is 1.36. The van der Waals surface area contributed by atoms with Crippen LogP contribution in [0, 0.1) is 0 Å². The summed E-state index contributed by atoms with van der Waals surface area (Å²) in [7, 11) is 0. The van der Waals surface area contributed by atoms with Gasteiger partial charge in [0.15, 0.2) is 0 Å². The van der Waals surface area contributed by atoms with Gasteiger partial charge in [-0.3, -0.25) is 9.88 Å². The Kier molecular flexibility index (Phi) is 6.54. The number of pyridine rings is 1. The van der Waals surface area contributed by atoms with E-state index >= 15 is 0 Å². The number of hydrogen-bond donors (Lipinski definition) is 0. The van der Waals surface area contributed by atoms with Crippen LogP contribution in [0.5, 0.6) is 0 Å². The van der Waals surface area contributed by atoms with Crippen LogP contribution in [0.2, 0.25) is 0 Å². The lowest BCUT2D eigenvalue weighted by Crippen LogP contribution is -2.37. The molecule has 0 spiro atoms. The maximum absolute atomic E-state index is 12.5. The molecular weight excluding hydrogens is 352 g/mol. The Morgan fingerprint density at radius 1 is 1.38 bits per heavy atom. The molecule has 0 aliphatic heterocycles. The van der Waals surface area contributed by atoms with E-state index in [1.165, 1.54) is 16.2 Å². The number of amides is 1. The van der Waals surface area contributed by atoms with Crippen molar-refractivity contribution >= 4 is 22.4 Å². The van der Waals surface area contributed by atoms with Gasteiger partial charge in [0.2, 0.25) is 0 Å². The molecule has 0 fully saturated rings. The Labute approximate surface area is 156 Å². The lowest BCUT2D eigenvalue weighted by Gasteiger charge is -2.25. The Bertz CT molecular complexity index is 808. The number of thiazole rings is 1. The molecule has 0 atom stereocenters. The number of ether oxygens (including phenoxy) is 1. The minimum absolute atomic E-state index is 0.149. The third-order valence-electron chi connectivity index (χ3n) is 3.31. The zero-order valence-electron chi connectivity index (χ0n) is 15.3. The smallest absolute Gasteiger partial charge is 0.415 e. The molecule has 0 saturated carbocycles. The van der Waals surface area contributed by atoms with Crippen LogP contribution in [-0.2, 0) is 11.2 Å². The molecule has 2 rings (SSSR count). The van der Waals surface area contributed by atoms with E-state index in [0.717, 1.165) is 22.6 Å². The van der Waals surface area contributed by atoms with Crippen LogP contribution in [0.1, 0.15) is 33.3 Å². The zero-order chi connectivity index (χ0) is 19.2. The van der Waals surface area contributed by atoms with Crippen molar-refractivity contribution in [3.05, 3.63) is 40.7 Å². The first-order chi connectivity index (χ1) is 12.3. The van der Waals surface area contributed by atoms with Gasteiger partial charge in [0.25, 0.3) is 0 Å². The molecule has 8 nitrogen and oxygen atoms in total. The number of azide groups is 1. The van der Waals surface area contributed by atoms with E-state index in [0.29, 0.717) is 5.00 Å². The summed E-state index contributed by atoms with van der Waals surface area (Å²) < 4.78 is 5.46. The summed E-state index contributed by atoms with van der Waals surface area (Å²) in [5, 5.41) is 4.90. The molecule has 0 saturated heterocycles. The van der Waals surface area contributed by atoms with Crippen molar-refractivity contribution in [1.82, 2.24) is 9.97 Å². The average molecular weight is 374 g/mol. The minimum atomic E-state index is -0.624. The molecule has 0 aromatic carbocycles. The average Bonchev–Trinajstić information content (AvgIpc) is 3.07. The normalized spacial score (nSPS) is 10.9. The summed E-state index contributed by atoms with van der Waals surface area (Å²) in [6, 6.07) is 2.04. The first-order valence-corrected chi connectivity index (χ1v) is 9.07. The SMILES string of the molecule is CCc1cncc(-c2ncc(N(CCN=[N+]=[N-])C(=O)OC(C)(C)C)s2)c1. The number of rotatable bonds is 6. The molecule has 0 unspecified atom stereocenters. The molecule has 9 heteroatoms. The van der Waals surface area contributed by atoms with Crippen LogP contribution in [0.4, 0.5) is 9.80 Å². The number of aromatic nitrogens is 2. The van der Waals surface area contributed by atoms with Gasteiger partial charge in [-0.15, -0.1) is 0 Å². The topological polar surface area (TPSA) is 104 Å². The lowest BCUT2D eigenvalue weighted by atomic mass is 10.2. The molecule has 0 bridgehead atoms. The number of anilines is 1. The molecule has 2 heterocycles. The highest BCUT2D eigenvalue weighted by Gasteiger charge is 2.24. The molecule has 2 aromatic heterocycles. The van der Waals surface area contributed by atoms with Gasteiger partial charge in [0, 0.05) is 36.0 Å². The van der Waals surface area contributed by atoms with E-state index in [1.54, 1.807) is 33.2 Å². The second-order valence-corrected chi connectivity index (χ2v) is 7.53. The Hall–Kier alpha value is -2.64. The maximum Gasteiger partial charge on any atom is 0.415 e. The van der Waals surface area contributed by atoms with Crippen molar-refractivity contribution in [3.63, 3.8) is 0 Å². The van der Waals surface area contributed by atoms with Crippen LogP contribution in [0.3, 0.4) is 0 Å². The number of aryl methyl sites for hydroxylation is 1. The summed E-state index contributed by atoms with van der Waals surface area (Å²) in [5.74, 6) is 0. The predicted octanol–water partition coefficient (Wildman–Crippen LogP) is 4.82. The van der Waals surface area contributed by atoms with Crippen LogP contribution in [0.25, 0.3) is 21.0 Å². The van der Waals surface area contributed by atoms with Crippen molar-refractivity contribution in [2.75, 3.05) is 18.0 Å². The van der Waals surface area contributed by atoms with Crippen LogP contribution >= 0.6 is 11.3 Å². The highest BCUT2D eigenvalue weighted by molar-refractivity contribution is 7.19. The fourth-order valence-corrected chi connectivity index (χ4v) is 3.03. The van der Waals surface area contributed by atoms with Gasteiger partial charge in [-0.2, -0.15) is 0 Å². The summed E-state index contributed by atoms with van der Waals surface area (Å²) in [6.45, 7) is 7.83. The molecule has 0 aliphatic carbocycles. The van der Waals surface area contributed by atoms with Gasteiger partial charge in [0.05, 0.1) is 6.20 Å². The molecule has 1 amide bonds. The third-order valence-corrected chi connectivity index (χ3v) is 4.38. The zero-order valence-corrected chi connectivity index (χ0v) is 16.2. The van der Waals surface area contributed by atoms with E-state index in [9.17, 15) is 4.79 Å². The van der Waals surface area contributed by atoms with E-state index < -0.39 is 11.7 Å².